The molecule has 0 saturated heterocycles. The van der Waals surface area contributed by atoms with E-state index in [2.05, 4.69) is 20.1 Å². The zero-order chi connectivity index (χ0) is 11.8. The van der Waals surface area contributed by atoms with Gasteiger partial charge in [-0.3, -0.25) is 0 Å². The number of anilines is 1. The average molecular weight is 226 g/mol. The van der Waals surface area contributed by atoms with Crippen LogP contribution in [0.1, 0.15) is 5.82 Å². The van der Waals surface area contributed by atoms with Gasteiger partial charge in [-0.05, 0) is 19.1 Å². The summed E-state index contributed by atoms with van der Waals surface area (Å²) in [6.45, 7) is 1.80. The maximum absolute atomic E-state index is 5.82. The molecule has 0 aliphatic carbocycles. The van der Waals surface area contributed by atoms with Crippen LogP contribution in [-0.4, -0.2) is 24.7 Å². The molecule has 0 unspecified atom stereocenters. The summed E-state index contributed by atoms with van der Waals surface area (Å²) in [6.07, 6.45) is 3.36. The molecule has 0 aromatic carbocycles. The van der Waals surface area contributed by atoms with E-state index in [4.69, 9.17) is 5.73 Å². The zero-order valence-corrected chi connectivity index (χ0v) is 9.20. The van der Waals surface area contributed by atoms with E-state index in [0.717, 1.165) is 5.39 Å². The number of fused-ring (bicyclic) bond motifs is 1. The summed E-state index contributed by atoms with van der Waals surface area (Å²) in [6, 6.07) is 5.61. The Morgan fingerprint density at radius 3 is 2.88 bits per heavy atom. The predicted octanol–water partition coefficient (Wildman–Crippen LogP) is 1.10. The Bertz CT molecular complexity index is 673. The van der Waals surface area contributed by atoms with Crippen LogP contribution in [0.4, 0.5) is 5.82 Å². The largest absolute Gasteiger partial charge is 0.383 e. The van der Waals surface area contributed by atoms with Crippen molar-refractivity contribution in [2.24, 2.45) is 0 Å². The van der Waals surface area contributed by atoms with E-state index >= 15 is 0 Å². The van der Waals surface area contributed by atoms with Crippen LogP contribution in [0.25, 0.3) is 16.9 Å². The fourth-order valence-corrected chi connectivity index (χ4v) is 1.69. The third kappa shape index (κ3) is 1.50. The van der Waals surface area contributed by atoms with Crippen LogP contribution in [0.5, 0.6) is 0 Å². The van der Waals surface area contributed by atoms with Crippen LogP contribution >= 0.6 is 0 Å². The normalized spacial score (nSPS) is 10.9. The Balaban J connectivity index is 2.32. The molecule has 3 rings (SSSR count). The first-order valence-electron chi connectivity index (χ1n) is 5.15. The minimum atomic E-state index is 0.440. The van der Waals surface area contributed by atoms with Gasteiger partial charge in [-0.2, -0.15) is 9.78 Å². The molecule has 0 atom stereocenters. The standard InChI is InChI=1S/C11H10N6/c1-7-15-10(12)8-6-14-17(11(8)16-7)9-4-2-3-5-13-9/h2-6H,1H3,(H2,12,15,16). The van der Waals surface area contributed by atoms with Crippen LogP contribution in [-0.2, 0) is 0 Å². The first-order valence-corrected chi connectivity index (χ1v) is 5.15. The lowest BCUT2D eigenvalue weighted by molar-refractivity contribution is 0.858. The lowest BCUT2D eigenvalue weighted by atomic mass is 10.4. The monoisotopic (exact) mass is 226 g/mol. The van der Waals surface area contributed by atoms with Gasteiger partial charge in [-0.15, -0.1) is 0 Å². The Kier molecular flexibility index (Phi) is 2.01. The van der Waals surface area contributed by atoms with Gasteiger partial charge in [0, 0.05) is 6.20 Å². The molecule has 0 saturated carbocycles. The highest BCUT2D eigenvalue weighted by Crippen LogP contribution is 2.19. The van der Waals surface area contributed by atoms with Gasteiger partial charge in [0.2, 0.25) is 0 Å². The van der Waals surface area contributed by atoms with Gasteiger partial charge in [0.1, 0.15) is 11.6 Å². The molecule has 3 aromatic rings. The number of rotatable bonds is 1. The number of nitrogens with two attached hydrogens (primary N) is 1. The van der Waals surface area contributed by atoms with Crippen molar-refractivity contribution in [3.63, 3.8) is 0 Å². The van der Waals surface area contributed by atoms with Crippen molar-refractivity contribution in [1.82, 2.24) is 24.7 Å². The molecule has 0 amide bonds. The molecule has 84 valence electrons. The third-order valence-electron chi connectivity index (χ3n) is 2.44. The first-order chi connectivity index (χ1) is 8.25. The van der Waals surface area contributed by atoms with Crippen LogP contribution in [0.15, 0.2) is 30.6 Å². The first kappa shape index (κ1) is 9.71. The summed E-state index contributed by atoms with van der Waals surface area (Å²) in [5.74, 6) is 1.77. The molecule has 2 N–H and O–H groups in total. The zero-order valence-electron chi connectivity index (χ0n) is 9.20. The summed E-state index contributed by atoms with van der Waals surface area (Å²) >= 11 is 0. The van der Waals surface area contributed by atoms with Crippen molar-refractivity contribution in [1.29, 1.82) is 0 Å². The Morgan fingerprint density at radius 2 is 2.12 bits per heavy atom. The highest BCUT2D eigenvalue weighted by molar-refractivity contribution is 5.85. The van der Waals surface area contributed by atoms with Crippen LogP contribution in [0.3, 0.4) is 0 Å². The molecular weight excluding hydrogens is 216 g/mol. The second kappa shape index (κ2) is 3.51. The Labute approximate surface area is 97.1 Å². The van der Waals surface area contributed by atoms with Crippen LogP contribution < -0.4 is 5.73 Å². The fraction of sp³-hybridized carbons (Fsp3) is 0.0909. The second-order valence-electron chi connectivity index (χ2n) is 3.64. The smallest absolute Gasteiger partial charge is 0.170 e. The number of nitrogen functional groups attached to an aromatic ring is 1. The molecule has 3 heterocycles. The molecular formula is C11H10N6. The SMILES string of the molecule is Cc1nc(N)c2cnn(-c3ccccn3)c2n1. The molecule has 17 heavy (non-hydrogen) atoms. The van der Waals surface area contributed by atoms with Crippen molar-refractivity contribution < 1.29 is 0 Å². The molecule has 0 radical (unpaired) electrons. The van der Waals surface area contributed by atoms with Gasteiger partial charge in [0.05, 0.1) is 11.6 Å². The second-order valence-corrected chi connectivity index (χ2v) is 3.64. The van der Waals surface area contributed by atoms with Crippen LogP contribution in [0.2, 0.25) is 0 Å². The maximum Gasteiger partial charge on any atom is 0.170 e. The van der Waals surface area contributed by atoms with E-state index in [9.17, 15) is 0 Å². The predicted molar refractivity (Wildman–Crippen MR) is 63.6 cm³/mol. The topological polar surface area (TPSA) is 82.5 Å². The summed E-state index contributed by atoms with van der Waals surface area (Å²) in [5.41, 5.74) is 6.50. The lowest BCUT2D eigenvalue weighted by Gasteiger charge is -2.02. The summed E-state index contributed by atoms with van der Waals surface area (Å²) in [5, 5.41) is 4.98. The molecule has 6 nitrogen and oxygen atoms in total. The Hall–Kier alpha value is -2.50. The fourth-order valence-electron chi connectivity index (χ4n) is 1.69. The molecule has 0 fully saturated rings. The molecule has 0 aliphatic rings. The molecule has 6 heteroatoms. The maximum atomic E-state index is 5.82. The molecule has 0 aliphatic heterocycles. The molecule has 3 aromatic heterocycles. The van der Waals surface area contributed by atoms with Gasteiger partial charge < -0.3 is 5.73 Å². The number of hydrogen-bond donors (Lipinski definition) is 1. The number of nitrogens with zero attached hydrogens (tertiary/aromatic N) is 5. The van der Waals surface area contributed by atoms with Gasteiger partial charge in [-0.1, -0.05) is 6.07 Å². The van der Waals surface area contributed by atoms with Crippen molar-refractivity contribution in [2.75, 3.05) is 5.73 Å². The van der Waals surface area contributed by atoms with Gasteiger partial charge >= 0.3 is 0 Å². The van der Waals surface area contributed by atoms with E-state index in [1.165, 1.54) is 0 Å². The quantitative estimate of drug-likeness (QED) is 0.671. The van der Waals surface area contributed by atoms with E-state index in [1.54, 1.807) is 24.0 Å². The number of hydrogen-bond acceptors (Lipinski definition) is 5. The number of aryl methyl sites for hydroxylation is 1. The van der Waals surface area contributed by atoms with Crippen molar-refractivity contribution in [2.45, 2.75) is 6.92 Å². The van der Waals surface area contributed by atoms with E-state index in [1.807, 2.05) is 18.2 Å². The number of pyridine rings is 1. The Morgan fingerprint density at radius 1 is 1.24 bits per heavy atom. The molecule has 0 spiro atoms. The number of aromatic nitrogens is 5. The minimum Gasteiger partial charge on any atom is -0.383 e. The van der Waals surface area contributed by atoms with Gasteiger partial charge in [-0.25, -0.2) is 15.0 Å². The summed E-state index contributed by atoms with van der Waals surface area (Å²) in [7, 11) is 0. The third-order valence-corrected chi connectivity index (χ3v) is 2.44. The van der Waals surface area contributed by atoms with Crippen LogP contribution in [0, 0.1) is 6.92 Å². The molecule has 0 bridgehead atoms. The van der Waals surface area contributed by atoms with Crippen molar-refractivity contribution in [3.05, 3.63) is 36.4 Å². The van der Waals surface area contributed by atoms with E-state index < -0.39 is 0 Å². The highest BCUT2D eigenvalue weighted by Gasteiger charge is 2.10. The summed E-state index contributed by atoms with van der Waals surface area (Å²) < 4.78 is 1.65. The summed E-state index contributed by atoms with van der Waals surface area (Å²) in [4.78, 5) is 12.7. The van der Waals surface area contributed by atoms with E-state index in [-0.39, 0.29) is 0 Å². The van der Waals surface area contributed by atoms with Gasteiger partial charge in [0.15, 0.2) is 11.5 Å². The van der Waals surface area contributed by atoms with Gasteiger partial charge in [0.25, 0.3) is 0 Å². The van der Waals surface area contributed by atoms with E-state index in [0.29, 0.717) is 23.1 Å². The van der Waals surface area contributed by atoms with Crippen molar-refractivity contribution >= 4 is 16.9 Å². The minimum absolute atomic E-state index is 0.440. The van der Waals surface area contributed by atoms with Crippen molar-refractivity contribution in [3.8, 4) is 5.82 Å². The lowest BCUT2D eigenvalue weighted by Crippen LogP contribution is -2.02. The highest BCUT2D eigenvalue weighted by atomic mass is 15.3. The average Bonchev–Trinajstić information content (AvgIpc) is 2.74.